The smallest absolute Gasteiger partial charge is 0.0546 e. The zero-order valence-corrected chi connectivity index (χ0v) is 36.1. The second-order valence-electron chi connectivity index (χ2n) is 17.3. The van der Waals surface area contributed by atoms with Crippen molar-refractivity contribution in [2.75, 3.05) is 4.90 Å². The topological polar surface area (TPSA) is 3.24 Å². The number of benzene rings is 10. The van der Waals surface area contributed by atoms with Gasteiger partial charge in [-0.1, -0.05) is 220 Å². The van der Waals surface area contributed by atoms with Crippen LogP contribution in [0.2, 0.25) is 0 Å². The number of fused-ring (bicyclic) bond motifs is 3. The molecule has 0 unspecified atom stereocenters. The van der Waals surface area contributed by atoms with Gasteiger partial charge in [0.2, 0.25) is 0 Å². The van der Waals surface area contributed by atoms with E-state index in [2.05, 4.69) is 267 Å². The summed E-state index contributed by atoms with van der Waals surface area (Å²) in [5.41, 5.74) is 23.0. The molecule has 0 atom stereocenters. The molecule has 1 nitrogen and oxygen atoms in total. The normalized spacial score (nSPS) is 12.3. The molecule has 304 valence electrons. The van der Waals surface area contributed by atoms with E-state index in [1.807, 2.05) is 0 Å². The van der Waals surface area contributed by atoms with E-state index in [0.717, 1.165) is 17.1 Å². The lowest BCUT2D eigenvalue weighted by molar-refractivity contribution is 0.660. The maximum absolute atomic E-state index is 2.44. The van der Waals surface area contributed by atoms with Crippen molar-refractivity contribution in [1.82, 2.24) is 0 Å². The van der Waals surface area contributed by atoms with Crippen LogP contribution in [-0.4, -0.2) is 0 Å². The molecule has 0 aromatic heterocycles. The van der Waals surface area contributed by atoms with Crippen molar-refractivity contribution in [2.24, 2.45) is 0 Å². The van der Waals surface area contributed by atoms with E-state index in [4.69, 9.17) is 0 Å². The van der Waals surface area contributed by atoms with Crippen molar-refractivity contribution < 1.29 is 0 Å². The van der Waals surface area contributed by atoms with E-state index in [0.29, 0.717) is 0 Å². The van der Waals surface area contributed by atoms with Gasteiger partial charge in [-0.3, -0.25) is 0 Å². The molecule has 1 heteroatoms. The molecule has 0 radical (unpaired) electrons. The van der Waals surface area contributed by atoms with Crippen LogP contribution >= 0.6 is 0 Å². The fraction of sp³-hybridized carbons (Fsp3) is 0.0476. The van der Waals surface area contributed by atoms with E-state index >= 15 is 0 Å². The van der Waals surface area contributed by atoms with Gasteiger partial charge in [0, 0.05) is 22.4 Å². The average Bonchev–Trinajstić information content (AvgIpc) is 3.60. The number of hydrogen-bond acceptors (Lipinski definition) is 1. The van der Waals surface area contributed by atoms with Gasteiger partial charge in [-0.2, -0.15) is 0 Å². The first-order valence-corrected chi connectivity index (χ1v) is 22.3. The minimum atomic E-state index is -0.0276. The third kappa shape index (κ3) is 7.02. The van der Waals surface area contributed by atoms with Gasteiger partial charge in [-0.15, -0.1) is 0 Å². The van der Waals surface area contributed by atoms with E-state index in [-0.39, 0.29) is 5.41 Å². The van der Waals surface area contributed by atoms with Gasteiger partial charge in [0.15, 0.2) is 0 Å². The Morgan fingerprint density at radius 3 is 1.28 bits per heavy atom. The molecule has 0 spiro atoms. The van der Waals surface area contributed by atoms with Crippen molar-refractivity contribution in [3.05, 3.63) is 260 Å². The summed E-state index contributed by atoms with van der Waals surface area (Å²) in [7, 11) is 0. The SMILES string of the molecule is CC1(C)c2ccccc2-c2cc(-c3ccc(N(c4ccc(-c5cccc(-c6ccccc6)c5)cc4)c4cccc(-c5ccccc5)c4-c4ccccc4-c4ccccc4)cc3)ccc21. The van der Waals surface area contributed by atoms with Crippen molar-refractivity contribution >= 4 is 17.1 Å². The molecule has 10 aromatic carbocycles. The summed E-state index contributed by atoms with van der Waals surface area (Å²) >= 11 is 0. The molecule has 10 aromatic rings. The van der Waals surface area contributed by atoms with Crippen molar-refractivity contribution in [3.63, 3.8) is 0 Å². The third-order valence-electron chi connectivity index (χ3n) is 13.1. The maximum Gasteiger partial charge on any atom is 0.0546 e. The van der Waals surface area contributed by atoms with Crippen LogP contribution in [0, 0.1) is 0 Å². The molecule has 0 N–H and O–H groups in total. The van der Waals surface area contributed by atoms with Crippen LogP contribution in [0.4, 0.5) is 17.1 Å². The molecule has 0 fully saturated rings. The van der Waals surface area contributed by atoms with Crippen LogP contribution in [-0.2, 0) is 5.41 Å². The minimum absolute atomic E-state index is 0.0276. The van der Waals surface area contributed by atoms with Crippen molar-refractivity contribution in [3.8, 4) is 77.9 Å². The first-order valence-electron chi connectivity index (χ1n) is 22.3. The highest BCUT2D eigenvalue weighted by Crippen LogP contribution is 2.51. The predicted octanol–water partition coefficient (Wildman–Crippen LogP) is 17.5. The zero-order valence-electron chi connectivity index (χ0n) is 36.1. The van der Waals surface area contributed by atoms with Crippen LogP contribution < -0.4 is 4.90 Å². The molecule has 11 rings (SSSR count). The van der Waals surface area contributed by atoms with Gasteiger partial charge in [0.1, 0.15) is 0 Å². The number of hydrogen-bond donors (Lipinski definition) is 0. The largest absolute Gasteiger partial charge is 0.310 e. The average molecular weight is 818 g/mol. The third-order valence-corrected chi connectivity index (χ3v) is 13.1. The second-order valence-corrected chi connectivity index (χ2v) is 17.3. The second kappa shape index (κ2) is 16.4. The molecule has 0 saturated heterocycles. The molecular weight excluding hydrogens is 771 g/mol. The van der Waals surface area contributed by atoms with E-state index in [1.165, 1.54) is 89.0 Å². The van der Waals surface area contributed by atoms with E-state index in [1.54, 1.807) is 0 Å². The summed E-state index contributed by atoms with van der Waals surface area (Å²) in [6.45, 7) is 4.68. The summed E-state index contributed by atoms with van der Waals surface area (Å²) in [5, 5.41) is 0. The standard InChI is InChI=1S/C63H47N/c1-63(2)59-30-15-14-27-56(59)58-43-51(36-41-60(58)63)46-34-39-53(40-35-46)64(52-37-32-45(33-38-52)50-25-16-24-49(42-50)44-18-6-3-7-19-44)61-31-17-29-55(48-22-10-5-11-23-48)62(61)57-28-13-12-26-54(57)47-20-8-4-9-21-47/h3-43H,1-2H3. The number of rotatable bonds is 9. The highest BCUT2D eigenvalue weighted by Gasteiger charge is 2.35. The summed E-state index contributed by atoms with van der Waals surface area (Å²) in [5.74, 6) is 0. The molecule has 64 heavy (non-hydrogen) atoms. The first kappa shape index (κ1) is 38.9. The number of nitrogens with zero attached hydrogens (tertiary/aromatic N) is 1. The summed E-state index contributed by atoms with van der Waals surface area (Å²) in [6.07, 6.45) is 0. The summed E-state index contributed by atoms with van der Waals surface area (Å²) < 4.78 is 0. The fourth-order valence-corrected chi connectivity index (χ4v) is 9.88. The molecule has 0 heterocycles. The highest BCUT2D eigenvalue weighted by atomic mass is 15.1. The Balaban J connectivity index is 1.08. The van der Waals surface area contributed by atoms with Gasteiger partial charge in [0.25, 0.3) is 0 Å². The van der Waals surface area contributed by atoms with Crippen LogP contribution in [0.3, 0.4) is 0 Å². The first-order chi connectivity index (χ1) is 31.5. The minimum Gasteiger partial charge on any atom is -0.310 e. The highest BCUT2D eigenvalue weighted by molar-refractivity contribution is 6.01. The van der Waals surface area contributed by atoms with Gasteiger partial charge >= 0.3 is 0 Å². The molecule has 1 aliphatic rings. The monoisotopic (exact) mass is 817 g/mol. The summed E-state index contributed by atoms with van der Waals surface area (Å²) in [6, 6.07) is 90.8. The van der Waals surface area contributed by atoms with Crippen LogP contribution in [0.25, 0.3) is 77.9 Å². The van der Waals surface area contributed by atoms with Crippen LogP contribution in [0.15, 0.2) is 249 Å². The lowest BCUT2D eigenvalue weighted by Crippen LogP contribution is -2.14. The molecule has 0 bridgehead atoms. The van der Waals surface area contributed by atoms with Gasteiger partial charge in [0.05, 0.1) is 5.69 Å². The fourth-order valence-electron chi connectivity index (χ4n) is 9.88. The van der Waals surface area contributed by atoms with Crippen LogP contribution in [0.5, 0.6) is 0 Å². The van der Waals surface area contributed by atoms with Gasteiger partial charge in [-0.25, -0.2) is 0 Å². The van der Waals surface area contributed by atoms with Crippen molar-refractivity contribution in [1.29, 1.82) is 0 Å². The Kier molecular flexibility index (Phi) is 9.94. The predicted molar refractivity (Wildman–Crippen MR) is 271 cm³/mol. The van der Waals surface area contributed by atoms with Crippen LogP contribution in [0.1, 0.15) is 25.0 Å². The van der Waals surface area contributed by atoms with E-state index in [9.17, 15) is 0 Å². The maximum atomic E-state index is 2.44. The van der Waals surface area contributed by atoms with Crippen molar-refractivity contribution in [2.45, 2.75) is 19.3 Å². The summed E-state index contributed by atoms with van der Waals surface area (Å²) in [4.78, 5) is 2.44. The Bertz CT molecular complexity index is 3260. The Morgan fingerprint density at radius 2 is 0.672 bits per heavy atom. The lowest BCUT2D eigenvalue weighted by Gasteiger charge is -2.30. The Hall–Kier alpha value is -8.00. The quantitative estimate of drug-likeness (QED) is 0.140. The molecular formula is C63H47N. The molecule has 0 saturated carbocycles. The molecule has 0 aliphatic heterocycles. The molecule has 0 amide bonds. The zero-order chi connectivity index (χ0) is 43.0. The van der Waals surface area contributed by atoms with Gasteiger partial charge in [-0.05, 0) is 126 Å². The molecule has 1 aliphatic carbocycles. The Labute approximate surface area is 377 Å². The lowest BCUT2D eigenvalue weighted by atomic mass is 9.82. The van der Waals surface area contributed by atoms with E-state index < -0.39 is 0 Å². The van der Waals surface area contributed by atoms with Gasteiger partial charge < -0.3 is 4.90 Å². The number of anilines is 3. The Morgan fingerprint density at radius 1 is 0.266 bits per heavy atom.